The maximum Gasteiger partial charge on any atom is 0.147 e. The Bertz CT molecular complexity index is 351. The summed E-state index contributed by atoms with van der Waals surface area (Å²) in [5.74, 6) is 0.818. The highest BCUT2D eigenvalue weighted by Gasteiger charge is 2.40. The first-order valence-corrected chi connectivity index (χ1v) is 5.98. The molecule has 0 spiro atoms. The summed E-state index contributed by atoms with van der Waals surface area (Å²) in [6.07, 6.45) is 2.14. The lowest BCUT2D eigenvalue weighted by Crippen LogP contribution is -2.18. The topological polar surface area (TPSA) is 35.2 Å². The molecule has 2 rings (SSSR count). The number of hydrogen-bond donors (Lipinski definition) is 1. The summed E-state index contributed by atoms with van der Waals surface area (Å²) in [5.41, 5.74) is 7.18. The van der Waals surface area contributed by atoms with Crippen LogP contribution in [0.5, 0.6) is 5.75 Å². The molecule has 1 aliphatic carbocycles. The molecule has 1 aromatic carbocycles. The van der Waals surface area contributed by atoms with Crippen molar-refractivity contribution in [2.75, 3.05) is 7.11 Å². The lowest BCUT2D eigenvalue weighted by Gasteiger charge is -2.13. The molecule has 1 saturated carbocycles. The van der Waals surface area contributed by atoms with E-state index in [1.807, 2.05) is 12.1 Å². The van der Waals surface area contributed by atoms with Gasteiger partial charge in [-0.3, -0.25) is 0 Å². The molecule has 14 heavy (non-hydrogen) atoms. The second-order valence-corrected chi connectivity index (χ2v) is 5.34. The normalized spacial score (nSPS) is 18.0. The summed E-state index contributed by atoms with van der Waals surface area (Å²) in [4.78, 5) is 0. The van der Waals surface area contributed by atoms with Gasteiger partial charge in [0.2, 0.25) is 0 Å². The van der Waals surface area contributed by atoms with Crippen LogP contribution in [0.3, 0.4) is 0 Å². The summed E-state index contributed by atoms with van der Waals surface area (Å²) in [6.45, 7) is 0. The molecule has 2 nitrogen and oxygen atoms in total. The van der Waals surface area contributed by atoms with Gasteiger partial charge in [0.05, 0.1) is 16.1 Å². The molecule has 0 aromatic heterocycles. The van der Waals surface area contributed by atoms with Gasteiger partial charge < -0.3 is 10.5 Å². The van der Waals surface area contributed by atoms with Crippen LogP contribution in [0.4, 0.5) is 0 Å². The molecule has 0 amide bonds. The van der Waals surface area contributed by atoms with Crippen LogP contribution in [-0.2, 0) is 5.54 Å². The lowest BCUT2D eigenvalue weighted by atomic mass is 10.1. The van der Waals surface area contributed by atoms with Gasteiger partial charge in [0.1, 0.15) is 5.75 Å². The van der Waals surface area contributed by atoms with Gasteiger partial charge in [-0.05, 0) is 62.4 Å². The summed E-state index contributed by atoms with van der Waals surface area (Å²) >= 11 is 6.94. The predicted molar refractivity (Wildman–Crippen MR) is 63.5 cm³/mol. The maximum atomic E-state index is 6.11. The zero-order chi connectivity index (χ0) is 10.3. The summed E-state index contributed by atoms with van der Waals surface area (Å²) in [6, 6.07) is 4.08. The fraction of sp³-hybridized carbons (Fsp3) is 0.400. The third kappa shape index (κ3) is 1.71. The van der Waals surface area contributed by atoms with Crippen LogP contribution in [0.1, 0.15) is 18.4 Å². The minimum absolute atomic E-state index is 0.0999. The Hall–Kier alpha value is -0.0600. The van der Waals surface area contributed by atoms with Crippen molar-refractivity contribution in [3.63, 3.8) is 0 Å². The Morgan fingerprint density at radius 2 is 1.79 bits per heavy atom. The Labute approximate surface area is 100 Å². The van der Waals surface area contributed by atoms with E-state index in [9.17, 15) is 0 Å². The maximum absolute atomic E-state index is 6.11. The van der Waals surface area contributed by atoms with Gasteiger partial charge in [0.25, 0.3) is 0 Å². The minimum atomic E-state index is -0.0999. The molecule has 4 heteroatoms. The molecule has 0 aliphatic heterocycles. The van der Waals surface area contributed by atoms with Gasteiger partial charge in [0.15, 0.2) is 0 Å². The van der Waals surface area contributed by atoms with E-state index < -0.39 is 0 Å². The average Bonchev–Trinajstić information content (AvgIpc) is 2.84. The SMILES string of the molecule is COc1c(Br)cc(C2(N)CC2)cc1Br. The number of benzene rings is 1. The van der Waals surface area contributed by atoms with E-state index in [0.717, 1.165) is 33.1 Å². The average molecular weight is 321 g/mol. The van der Waals surface area contributed by atoms with Gasteiger partial charge in [0, 0.05) is 5.54 Å². The van der Waals surface area contributed by atoms with E-state index in [2.05, 4.69) is 31.9 Å². The highest BCUT2D eigenvalue weighted by Crippen LogP contribution is 2.46. The quantitative estimate of drug-likeness (QED) is 0.908. The van der Waals surface area contributed by atoms with E-state index in [1.54, 1.807) is 7.11 Å². The number of halogens is 2. The fourth-order valence-corrected chi connectivity index (χ4v) is 2.98. The van der Waals surface area contributed by atoms with Crippen molar-refractivity contribution in [1.82, 2.24) is 0 Å². The molecule has 0 saturated heterocycles. The number of methoxy groups -OCH3 is 1. The smallest absolute Gasteiger partial charge is 0.147 e. The van der Waals surface area contributed by atoms with Crippen LogP contribution < -0.4 is 10.5 Å². The van der Waals surface area contributed by atoms with Crippen LogP contribution in [0.2, 0.25) is 0 Å². The third-order valence-electron chi connectivity index (χ3n) is 2.57. The third-order valence-corrected chi connectivity index (χ3v) is 3.74. The van der Waals surface area contributed by atoms with Crippen LogP contribution in [0, 0.1) is 0 Å². The van der Waals surface area contributed by atoms with Crippen LogP contribution in [0.15, 0.2) is 21.1 Å². The first-order chi connectivity index (χ1) is 6.57. The molecule has 0 atom stereocenters. The number of hydrogen-bond acceptors (Lipinski definition) is 2. The second kappa shape index (κ2) is 3.51. The number of ether oxygens (including phenoxy) is 1. The molecule has 0 bridgehead atoms. The fourth-order valence-electron chi connectivity index (χ4n) is 1.47. The highest BCUT2D eigenvalue weighted by atomic mass is 79.9. The summed E-state index contributed by atoms with van der Waals surface area (Å²) in [5, 5.41) is 0. The number of rotatable bonds is 2. The second-order valence-electron chi connectivity index (χ2n) is 3.63. The Morgan fingerprint density at radius 3 is 2.14 bits per heavy atom. The molecule has 0 unspecified atom stereocenters. The summed E-state index contributed by atoms with van der Waals surface area (Å²) < 4.78 is 7.12. The molecule has 1 fully saturated rings. The molecule has 1 aliphatic rings. The largest absolute Gasteiger partial charge is 0.494 e. The molecular weight excluding hydrogens is 310 g/mol. The van der Waals surface area contributed by atoms with Crippen molar-refractivity contribution in [2.24, 2.45) is 5.73 Å². The Balaban J connectivity index is 2.47. The Kier molecular flexibility index (Phi) is 2.62. The van der Waals surface area contributed by atoms with E-state index in [0.29, 0.717) is 0 Å². The van der Waals surface area contributed by atoms with Gasteiger partial charge in [-0.25, -0.2) is 0 Å². The summed E-state index contributed by atoms with van der Waals surface area (Å²) in [7, 11) is 1.65. The van der Waals surface area contributed by atoms with Crippen LogP contribution in [0.25, 0.3) is 0 Å². The van der Waals surface area contributed by atoms with Gasteiger partial charge in [-0.15, -0.1) is 0 Å². The van der Waals surface area contributed by atoms with Crippen molar-refractivity contribution >= 4 is 31.9 Å². The molecule has 0 radical (unpaired) electrons. The molecule has 0 heterocycles. The van der Waals surface area contributed by atoms with E-state index in [4.69, 9.17) is 10.5 Å². The first kappa shape index (κ1) is 10.5. The Morgan fingerprint density at radius 1 is 1.29 bits per heavy atom. The monoisotopic (exact) mass is 319 g/mol. The van der Waals surface area contributed by atoms with Gasteiger partial charge >= 0.3 is 0 Å². The molecule has 2 N–H and O–H groups in total. The van der Waals surface area contributed by atoms with Crippen molar-refractivity contribution in [3.8, 4) is 5.75 Å². The van der Waals surface area contributed by atoms with E-state index in [-0.39, 0.29) is 5.54 Å². The van der Waals surface area contributed by atoms with Crippen LogP contribution in [-0.4, -0.2) is 7.11 Å². The zero-order valence-electron chi connectivity index (χ0n) is 7.81. The molecule has 1 aromatic rings. The van der Waals surface area contributed by atoms with E-state index in [1.165, 1.54) is 0 Å². The molecule has 76 valence electrons. The number of nitrogens with two attached hydrogens (primary N) is 1. The predicted octanol–water partition coefficient (Wildman–Crippen LogP) is 3.17. The van der Waals surface area contributed by atoms with Gasteiger partial charge in [-0.2, -0.15) is 0 Å². The van der Waals surface area contributed by atoms with Crippen molar-refractivity contribution in [2.45, 2.75) is 18.4 Å². The van der Waals surface area contributed by atoms with Gasteiger partial charge in [-0.1, -0.05) is 0 Å². The van der Waals surface area contributed by atoms with Crippen molar-refractivity contribution in [3.05, 3.63) is 26.6 Å². The minimum Gasteiger partial charge on any atom is -0.494 e. The van der Waals surface area contributed by atoms with Crippen LogP contribution >= 0.6 is 31.9 Å². The zero-order valence-corrected chi connectivity index (χ0v) is 11.0. The highest BCUT2D eigenvalue weighted by molar-refractivity contribution is 9.11. The molecular formula is C10H11Br2NO. The first-order valence-electron chi connectivity index (χ1n) is 4.39. The van der Waals surface area contributed by atoms with Crippen molar-refractivity contribution < 1.29 is 4.74 Å². The standard InChI is InChI=1S/C10H11Br2NO/c1-14-9-7(11)4-6(5-8(9)12)10(13)2-3-10/h4-5H,2-3,13H2,1H3. The lowest BCUT2D eigenvalue weighted by molar-refractivity contribution is 0.409. The van der Waals surface area contributed by atoms with Crippen molar-refractivity contribution in [1.29, 1.82) is 0 Å². The van der Waals surface area contributed by atoms with E-state index >= 15 is 0 Å².